The van der Waals surface area contributed by atoms with Crippen molar-refractivity contribution in [3.63, 3.8) is 0 Å². The summed E-state index contributed by atoms with van der Waals surface area (Å²) < 4.78 is 2.32. The maximum Gasteiger partial charge on any atom is 0.0254 e. The quantitative estimate of drug-likeness (QED) is 0.169. The lowest BCUT2D eigenvalue weighted by Crippen LogP contribution is -1.90. The van der Waals surface area contributed by atoms with Crippen LogP contribution in [-0.2, 0) is 0 Å². The SMILES string of the molecule is Brc1ccc2c3ccc(Br)c4ccc5ccc6ccc1c2c6c5c43. The van der Waals surface area contributed by atoms with Crippen LogP contribution in [0.1, 0.15) is 0 Å². The minimum absolute atomic E-state index is 1.16. The van der Waals surface area contributed by atoms with Crippen molar-refractivity contribution in [2.24, 2.45) is 0 Å². The van der Waals surface area contributed by atoms with Crippen LogP contribution in [-0.4, -0.2) is 0 Å². The molecule has 0 aliphatic rings. The van der Waals surface area contributed by atoms with Crippen molar-refractivity contribution in [3.05, 3.63) is 69.6 Å². The molecular formula is C22H10Br2. The molecule has 0 fully saturated rings. The fourth-order valence-electron chi connectivity index (χ4n) is 4.30. The second-order valence-corrected chi connectivity index (χ2v) is 8.14. The summed E-state index contributed by atoms with van der Waals surface area (Å²) in [5, 5.41) is 13.4. The Balaban J connectivity index is 2.17. The van der Waals surface area contributed by atoms with Gasteiger partial charge in [0.1, 0.15) is 0 Å². The molecule has 0 N–H and O–H groups in total. The summed E-state index contributed by atoms with van der Waals surface area (Å²) in [5.41, 5.74) is 0. The Bertz CT molecular complexity index is 1300. The lowest BCUT2D eigenvalue weighted by Gasteiger charge is -2.18. The van der Waals surface area contributed by atoms with Gasteiger partial charge in [0.05, 0.1) is 0 Å². The average molecular weight is 434 g/mol. The van der Waals surface area contributed by atoms with Crippen molar-refractivity contribution < 1.29 is 0 Å². The van der Waals surface area contributed by atoms with Gasteiger partial charge in [0.25, 0.3) is 0 Å². The van der Waals surface area contributed by atoms with E-state index >= 15 is 0 Å². The van der Waals surface area contributed by atoms with Crippen LogP contribution in [0.5, 0.6) is 0 Å². The Morgan fingerprint density at radius 2 is 0.750 bits per heavy atom. The van der Waals surface area contributed by atoms with Crippen LogP contribution in [0.2, 0.25) is 0 Å². The van der Waals surface area contributed by atoms with Gasteiger partial charge in [-0.05, 0) is 66.0 Å². The maximum absolute atomic E-state index is 3.74. The van der Waals surface area contributed by atoms with E-state index in [1.807, 2.05) is 0 Å². The normalized spacial score (nSPS) is 12.6. The molecule has 0 aromatic heterocycles. The van der Waals surface area contributed by atoms with Crippen LogP contribution in [0.3, 0.4) is 0 Å². The fraction of sp³-hybridized carbons (Fsp3) is 0. The highest BCUT2D eigenvalue weighted by atomic mass is 79.9. The van der Waals surface area contributed by atoms with Crippen molar-refractivity contribution in [1.82, 2.24) is 0 Å². The summed E-state index contributed by atoms with van der Waals surface area (Å²) in [6.07, 6.45) is 0. The Kier molecular flexibility index (Phi) is 2.45. The van der Waals surface area contributed by atoms with Crippen molar-refractivity contribution in [3.8, 4) is 0 Å². The molecule has 6 rings (SSSR count). The third-order valence-corrected chi connectivity index (χ3v) is 6.69. The van der Waals surface area contributed by atoms with E-state index in [1.54, 1.807) is 0 Å². The molecule has 0 atom stereocenters. The summed E-state index contributed by atoms with van der Waals surface area (Å²) in [6, 6.07) is 22.3. The Morgan fingerprint density at radius 1 is 0.375 bits per heavy atom. The van der Waals surface area contributed by atoms with Crippen LogP contribution in [0.25, 0.3) is 53.9 Å². The van der Waals surface area contributed by atoms with Gasteiger partial charge in [-0.2, -0.15) is 0 Å². The number of rotatable bonds is 0. The average Bonchev–Trinajstić information content (AvgIpc) is 2.62. The van der Waals surface area contributed by atoms with E-state index < -0.39 is 0 Å². The largest absolute Gasteiger partial charge is 0.0537 e. The zero-order valence-electron chi connectivity index (χ0n) is 12.5. The minimum atomic E-state index is 1.16. The van der Waals surface area contributed by atoms with Gasteiger partial charge in [-0.15, -0.1) is 0 Å². The van der Waals surface area contributed by atoms with Gasteiger partial charge in [-0.3, -0.25) is 0 Å². The van der Waals surface area contributed by atoms with Gasteiger partial charge in [-0.25, -0.2) is 0 Å². The molecule has 0 unspecified atom stereocenters. The van der Waals surface area contributed by atoms with Gasteiger partial charge in [0.2, 0.25) is 0 Å². The molecule has 0 heterocycles. The van der Waals surface area contributed by atoms with Crippen LogP contribution >= 0.6 is 31.9 Å². The van der Waals surface area contributed by atoms with E-state index in [0.29, 0.717) is 0 Å². The molecule has 0 nitrogen and oxygen atoms in total. The van der Waals surface area contributed by atoms with Gasteiger partial charge in [0, 0.05) is 8.95 Å². The molecule has 112 valence electrons. The predicted octanol–water partition coefficient (Wildman–Crippen LogP) is 7.85. The summed E-state index contributed by atoms with van der Waals surface area (Å²) in [4.78, 5) is 0. The number of fused-ring (bicyclic) bond motifs is 1. The zero-order valence-corrected chi connectivity index (χ0v) is 15.7. The Hall–Kier alpha value is -1.90. The first kappa shape index (κ1) is 13.4. The molecule has 0 saturated carbocycles. The molecule has 0 bridgehead atoms. The summed E-state index contributed by atoms with van der Waals surface area (Å²) in [7, 11) is 0. The topological polar surface area (TPSA) is 0 Å². The molecule has 0 spiro atoms. The van der Waals surface area contributed by atoms with Crippen molar-refractivity contribution in [2.75, 3.05) is 0 Å². The number of halogens is 2. The molecule has 24 heavy (non-hydrogen) atoms. The number of benzene rings is 6. The molecule has 0 amide bonds. The van der Waals surface area contributed by atoms with Gasteiger partial charge in [0.15, 0.2) is 0 Å². The second kappa shape index (κ2) is 4.38. The lowest BCUT2D eigenvalue weighted by atomic mass is 9.86. The molecule has 0 aliphatic carbocycles. The smallest absolute Gasteiger partial charge is 0.0254 e. The highest BCUT2D eigenvalue weighted by Gasteiger charge is 2.18. The molecule has 0 saturated heterocycles. The number of hydrogen-bond donors (Lipinski definition) is 0. The first-order valence-corrected chi connectivity index (χ1v) is 9.52. The Labute approximate surface area is 155 Å². The minimum Gasteiger partial charge on any atom is -0.0537 e. The van der Waals surface area contributed by atoms with Crippen molar-refractivity contribution in [2.45, 2.75) is 0 Å². The molecule has 6 aromatic carbocycles. The monoisotopic (exact) mass is 432 g/mol. The predicted molar refractivity (Wildman–Crippen MR) is 112 cm³/mol. The first-order chi connectivity index (χ1) is 11.7. The molecule has 6 aromatic rings. The molecular weight excluding hydrogens is 424 g/mol. The molecule has 0 aliphatic heterocycles. The van der Waals surface area contributed by atoms with Crippen LogP contribution < -0.4 is 0 Å². The third-order valence-electron chi connectivity index (χ3n) is 5.30. The molecule has 2 heteroatoms. The van der Waals surface area contributed by atoms with Gasteiger partial charge >= 0.3 is 0 Å². The van der Waals surface area contributed by atoms with Crippen LogP contribution in [0.15, 0.2) is 69.6 Å². The van der Waals surface area contributed by atoms with E-state index in [1.165, 1.54) is 53.9 Å². The van der Waals surface area contributed by atoms with Crippen LogP contribution in [0, 0.1) is 0 Å². The summed E-state index contributed by atoms with van der Waals surface area (Å²) >= 11 is 7.48. The maximum atomic E-state index is 3.74. The van der Waals surface area contributed by atoms with E-state index in [-0.39, 0.29) is 0 Å². The van der Waals surface area contributed by atoms with E-state index in [4.69, 9.17) is 0 Å². The van der Waals surface area contributed by atoms with E-state index in [9.17, 15) is 0 Å². The lowest BCUT2D eigenvalue weighted by molar-refractivity contribution is 1.75. The van der Waals surface area contributed by atoms with Crippen LogP contribution in [0.4, 0.5) is 0 Å². The first-order valence-electron chi connectivity index (χ1n) is 7.93. The standard InChI is InChI=1S/C22H10Br2/c23-17-9-7-13-14-8-10-18(24)16-6-4-12-2-1-11-3-5-15(17)21(13)19(11)20(12)22(14)16/h1-10H. The summed E-state index contributed by atoms with van der Waals surface area (Å²) in [6.45, 7) is 0. The summed E-state index contributed by atoms with van der Waals surface area (Å²) in [5.74, 6) is 0. The fourth-order valence-corrected chi connectivity index (χ4v) is 5.22. The van der Waals surface area contributed by atoms with E-state index in [0.717, 1.165) is 8.95 Å². The van der Waals surface area contributed by atoms with E-state index in [2.05, 4.69) is 92.5 Å². The zero-order chi connectivity index (χ0) is 16.0. The van der Waals surface area contributed by atoms with Crippen molar-refractivity contribution in [1.29, 1.82) is 0 Å². The van der Waals surface area contributed by atoms with Crippen molar-refractivity contribution >= 4 is 85.7 Å². The van der Waals surface area contributed by atoms with Gasteiger partial charge < -0.3 is 0 Å². The third kappa shape index (κ3) is 1.45. The molecule has 0 radical (unpaired) electrons. The highest BCUT2D eigenvalue weighted by molar-refractivity contribution is 9.11. The highest BCUT2D eigenvalue weighted by Crippen LogP contribution is 2.47. The number of hydrogen-bond acceptors (Lipinski definition) is 0. The second-order valence-electron chi connectivity index (χ2n) is 6.43. The van der Waals surface area contributed by atoms with Gasteiger partial charge in [-0.1, -0.05) is 80.4 Å². The Morgan fingerprint density at radius 3 is 1.21 bits per heavy atom.